The molecule has 1 saturated heterocycles. The molecule has 0 saturated carbocycles. The summed E-state index contributed by atoms with van der Waals surface area (Å²) in [4.78, 5) is 2.54. The predicted molar refractivity (Wildman–Crippen MR) is 64.1 cm³/mol. The molecule has 0 aromatic rings. The first-order valence-corrected chi connectivity index (χ1v) is 6.04. The van der Waals surface area contributed by atoms with E-state index in [1.165, 1.54) is 0 Å². The lowest BCUT2D eigenvalue weighted by molar-refractivity contribution is 0.0404. The van der Waals surface area contributed by atoms with Crippen molar-refractivity contribution < 1.29 is 4.74 Å². The summed E-state index contributed by atoms with van der Waals surface area (Å²) in [5, 5.41) is 3.61. The summed E-state index contributed by atoms with van der Waals surface area (Å²) in [7, 11) is 1.79. The van der Waals surface area contributed by atoms with E-state index in [1.54, 1.807) is 7.11 Å². The topological polar surface area (TPSA) is 24.5 Å². The van der Waals surface area contributed by atoms with Crippen LogP contribution < -0.4 is 5.32 Å². The smallest absolute Gasteiger partial charge is 0.0670 e. The highest BCUT2D eigenvalue weighted by molar-refractivity contribution is 4.86. The van der Waals surface area contributed by atoms with E-state index in [9.17, 15) is 0 Å². The summed E-state index contributed by atoms with van der Waals surface area (Å²) in [5.74, 6) is 0.706. The molecule has 90 valence electrons. The van der Waals surface area contributed by atoms with Crippen molar-refractivity contribution in [3.63, 3.8) is 0 Å². The molecule has 1 N–H and O–H groups in total. The maximum Gasteiger partial charge on any atom is 0.0670 e. The van der Waals surface area contributed by atoms with Gasteiger partial charge in [0.15, 0.2) is 0 Å². The van der Waals surface area contributed by atoms with Crippen molar-refractivity contribution >= 4 is 0 Å². The summed E-state index contributed by atoms with van der Waals surface area (Å²) in [5.41, 5.74) is 0. The van der Waals surface area contributed by atoms with Crippen LogP contribution in [0.4, 0.5) is 0 Å². The molecule has 0 amide bonds. The largest absolute Gasteiger partial charge is 0.380 e. The minimum absolute atomic E-state index is 0.332. The fraction of sp³-hybridized carbons (Fsp3) is 1.00. The Labute approximate surface area is 94.2 Å². The minimum atomic E-state index is 0.332. The molecular formula is C12H26N2O. The SMILES string of the molecule is COC(C)CN1CC(C(C)C)NCC1C. The molecule has 0 bridgehead atoms. The lowest BCUT2D eigenvalue weighted by Gasteiger charge is -2.41. The molecule has 1 aliphatic rings. The fourth-order valence-corrected chi connectivity index (χ4v) is 2.05. The molecule has 0 radical (unpaired) electrons. The standard InChI is InChI=1S/C12H26N2O/c1-9(2)12-8-14(7-11(4)15-5)10(3)6-13-12/h9-13H,6-8H2,1-5H3. The lowest BCUT2D eigenvalue weighted by Crippen LogP contribution is -2.58. The van der Waals surface area contributed by atoms with Gasteiger partial charge in [0.25, 0.3) is 0 Å². The van der Waals surface area contributed by atoms with Crippen LogP contribution in [0.1, 0.15) is 27.7 Å². The number of ether oxygens (including phenoxy) is 1. The van der Waals surface area contributed by atoms with E-state index < -0.39 is 0 Å². The molecular weight excluding hydrogens is 188 g/mol. The third-order valence-electron chi connectivity index (χ3n) is 3.43. The van der Waals surface area contributed by atoms with Gasteiger partial charge in [0.1, 0.15) is 0 Å². The van der Waals surface area contributed by atoms with E-state index in [0.29, 0.717) is 24.1 Å². The summed E-state index contributed by atoms with van der Waals surface area (Å²) < 4.78 is 5.33. The van der Waals surface area contributed by atoms with Crippen molar-refractivity contribution in [2.75, 3.05) is 26.7 Å². The van der Waals surface area contributed by atoms with Crippen molar-refractivity contribution in [2.45, 2.75) is 45.9 Å². The second-order valence-electron chi connectivity index (χ2n) is 5.11. The third-order valence-corrected chi connectivity index (χ3v) is 3.43. The molecule has 0 aromatic carbocycles. The summed E-state index contributed by atoms with van der Waals surface area (Å²) in [6, 6.07) is 1.25. The van der Waals surface area contributed by atoms with Crippen LogP contribution in [0, 0.1) is 5.92 Å². The number of methoxy groups -OCH3 is 1. The first-order valence-electron chi connectivity index (χ1n) is 6.04. The zero-order valence-electron chi connectivity index (χ0n) is 10.8. The van der Waals surface area contributed by atoms with Crippen molar-refractivity contribution in [1.29, 1.82) is 0 Å². The van der Waals surface area contributed by atoms with Gasteiger partial charge in [0.05, 0.1) is 6.10 Å². The molecule has 0 spiro atoms. The van der Waals surface area contributed by atoms with E-state index in [4.69, 9.17) is 4.74 Å². The molecule has 1 rings (SSSR count). The van der Waals surface area contributed by atoms with Crippen LogP contribution in [-0.2, 0) is 4.74 Å². The van der Waals surface area contributed by atoms with Gasteiger partial charge in [-0.2, -0.15) is 0 Å². The van der Waals surface area contributed by atoms with Crippen LogP contribution in [0.3, 0.4) is 0 Å². The summed E-state index contributed by atoms with van der Waals surface area (Å²) >= 11 is 0. The van der Waals surface area contributed by atoms with Gasteiger partial charge in [-0.3, -0.25) is 4.90 Å². The highest BCUT2D eigenvalue weighted by atomic mass is 16.5. The van der Waals surface area contributed by atoms with E-state index in [0.717, 1.165) is 19.6 Å². The van der Waals surface area contributed by atoms with E-state index in [-0.39, 0.29) is 0 Å². The number of piperazine rings is 1. The molecule has 1 heterocycles. The number of hydrogen-bond acceptors (Lipinski definition) is 3. The zero-order chi connectivity index (χ0) is 11.4. The van der Waals surface area contributed by atoms with Crippen molar-refractivity contribution in [2.24, 2.45) is 5.92 Å². The molecule has 3 atom stereocenters. The Morgan fingerprint density at radius 1 is 1.40 bits per heavy atom. The van der Waals surface area contributed by atoms with Crippen LogP contribution in [-0.4, -0.2) is 49.8 Å². The molecule has 1 aliphatic heterocycles. The molecule has 3 nitrogen and oxygen atoms in total. The van der Waals surface area contributed by atoms with Crippen molar-refractivity contribution in [3.05, 3.63) is 0 Å². The lowest BCUT2D eigenvalue weighted by atomic mass is 9.99. The van der Waals surface area contributed by atoms with E-state index in [1.807, 2.05) is 0 Å². The molecule has 0 aromatic heterocycles. The van der Waals surface area contributed by atoms with E-state index in [2.05, 4.69) is 37.9 Å². The average Bonchev–Trinajstić information content (AvgIpc) is 2.20. The third kappa shape index (κ3) is 3.74. The Hall–Kier alpha value is -0.120. The Bertz CT molecular complexity index is 184. The Balaban J connectivity index is 2.46. The van der Waals surface area contributed by atoms with Crippen LogP contribution in [0.25, 0.3) is 0 Å². The average molecular weight is 214 g/mol. The monoisotopic (exact) mass is 214 g/mol. The number of nitrogens with zero attached hydrogens (tertiary/aromatic N) is 1. The maximum atomic E-state index is 5.33. The predicted octanol–water partition coefficient (Wildman–Crippen LogP) is 1.34. The first-order chi connectivity index (χ1) is 7.04. The molecule has 0 aliphatic carbocycles. The Morgan fingerprint density at radius 3 is 2.60 bits per heavy atom. The maximum absolute atomic E-state index is 5.33. The fourth-order valence-electron chi connectivity index (χ4n) is 2.05. The van der Waals surface area contributed by atoms with Crippen LogP contribution in [0.5, 0.6) is 0 Å². The Morgan fingerprint density at radius 2 is 2.07 bits per heavy atom. The number of rotatable bonds is 4. The minimum Gasteiger partial charge on any atom is -0.380 e. The Kier molecular flexibility index (Phi) is 5.03. The van der Waals surface area contributed by atoms with Crippen LogP contribution in [0.2, 0.25) is 0 Å². The van der Waals surface area contributed by atoms with Crippen molar-refractivity contribution in [3.8, 4) is 0 Å². The van der Waals surface area contributed by atoms with Crippen molar-refractivity contribution in [1.82, 2.24) is 10.2 Å². The molecule has 3 unspecified atom stereocenters. The zero-order valence-corrected chi connectivity index (χ0v) is 10.8. The number of hydrogen-bond donors (Lipinski definition) is 1. The highest BCUT2D eigenvalue weighted by Gasteiger charge is 2.27. The van der Waals surface area contributed by atoms with Gasteiger partial charge in [0, 0.05) is 38.8 Å². The molecule has 15 heavy (non-hydrogen) atoms. The van der Waals surface area contributed by atoms with Gasteiger partial charge >= 0.3 is 0 Å². The molecule has 3 heteroatoms. The van der Waals surface area contributed by atoms with Gasteiger partial charge in [0.2, 0.25) is 0 Å². The molecule has 1 fully saturated rings. The second kappa shape index (κ2) is 5.83. The first kappa shape index (κ1) is 12.9. The van der Waals surface area contributed by atoms with E-state index >= 15 is 0 Å². The van der Waals surface area contributed by atoms with Gasteiger partial charge in [-0.15, -0.1) is 0 Å². The second-order valence-corrected chi connectivity index (χ2v) is 5.11. The quantitative estimate of drug-likeness (QED) is 0.764. The van der Waals surface area contributed by atoms with Gasteiger partial charge in [-0.25, -0.2) is 0 Å². The van der Waals surface area contributed by atoms with Gasteiger partial charge in [-0.05, 0) is 19.8 Å². The van der Waals surface area contributed by atoms with Crippen LogP contribution in [0.15, 0.2) is 0 Å². The normalized spacial score (nSPS) is 30.8. The van der Waals surface area contributed by atoms with Crippen LogP contribution >= 0.6 is 0 Å². The highest BCUT2D eigenvalue weighted by Crippen LogP contribution is 2.13. The van der Waals surface area contributed by atoms with Gasteiger partial charge in [-0.1, -0.05) is 13.8 Å². The number of nitrogens with one attached hydrogen (secondary N) is 1. The van der Waals surface area contributed by atoms with Gasteiger partial charge < -0.3 is 10.1 Å². The summed E-state index contributed by atoms with van der Waals surface area (Å²) in [6.45, 7) is 12.3. The summed E-state index contributed by atoms with van der Waals surface area (Å²) in [6.07, 6.45) is 0.332.